The standard InChI is InChI=1S/C14H28N2O/c1-12(2)11-16(10-9-15(3)4)13-7-5-6-8-14(13)17/h12-13H,5-11H2,1-4H3. The lowest BCUT2D eigenvalue weighted by atomic mass is 9.92. The molecule has 0 spiro atoms. The lowest BCUT2D eigenvalue weighted by Gasteiger charge is -2.35. The average molecular weight is 240 g/mol. The average Bonchev–Trinajstić information content (AvgIpc) is 2.24. The maximum atomic E-state index is 12.0. The van der Waals surface area contributed by atoms with E-state index in [-0.39, 0.29) is 6.04 Å². The topological polar surface area (TPSA) is 23.6 Å². The Hall–Kier alpha value is -0.410. The van der Waals surface area contributed by atoms with Crippen LogP contribution >= 0.6 is 0 Å². The molecule has 1 aliphatic carbocycles. The van der Waals surface area contributed by atoms with Crippen molar-refractivity contribution in [1.29, 1.82) is 0 Å². The fourth-order valence-corrected chi connectivity index (χ4v) is 2.52. The quantitative estimate of drug-likeness (QED) is 0.709. The van der Waals surface area contributed by atoms with Crippen LogP contribution in [-0.4, -0.2) is 55.4 Å². The van der Waals surface area contributed by atoms with Crippen molar-refractivity contribution in [2.45, 2.75) is 45.6 Å². The highest BCUT2D eigenvalue weighted by Crippen LogP contribution is 2.20. The number of ketones is 1. The number of Topliss-reactive ketones (excluding diaryl/α,β-unsaturated/α-hetero) is 1. The predicted molar refractivity (Wildman–Crippen MR) is 72.2 cm³/mol. The van der Waals surface area contributed by atoms with Crippen LogP contribution in [0.2, 0.25) is 0 Å². The van der Waals surface area contributed by atoms with Gasteiger partial charge in [0, 0.05) is 26.1 Å². The number of carbonyl (C=O) groups is 1. The molecule has 0 amide bonds. The first kappa shape index (κ1) is 14.7. The number of hydrogen-bond acceptors (Lipinski definition) is 3. The van der Waals surface area contributed by atoms with Gasteiger partial charge in [0.2, 0.25) is 0 Å². The van der Waals surface area contributed by atoms with Crippen LogP contribution in [-0.2, 0) is 4.79 Å². The van der Waals surface area contributed by atoms with Crippen molar-refractivity contribution in [2.75, 3.05) is 33.7 Å². The second kappa shape index (κ2) is 7.12. The van der Waals surface area contributed by atoms with Crippen LogP contribution in [0.4, 0.5) is 0 Å². The van der Waals surface area contributed by atoms with E-state index in [0.717, 1.165) is 38.9 Å². The minimum Gasteiger partial charge on any atom is -0.308 e. The molecule has 3 nitrogen and oxygen atoms in total. The largest absolute Gasteiger partial charge is 0.308 e. The minimum absolute atomic E-state index is 0.200. The van der Waals surface area contributed by atoms with Gasteiger partial charge in [0.05, 0.1) is 6.04 Å². The van der Waals surface area contributed by atoms with Crippen LogP contribution < -0.4 is 0 Å². The molecule has 100 valence electrons. The highest BCUT2D eigenvalue weighted by molar-refractivity contribution is 5.84. The Balaban J connectivity index is 2.56. The third-order valence-corrected chi connectivity index (χ3v) is 3.40. The Morgan fingerprint density at radius 1 is 1.24 bits per heavy atom. The molecule has 0 aromatic carbocycles. The fourth-order valence-electron chi connectivity index (χ4n) is 2.52. The first-order valence-electron chi connectivity index (χ1n) is 6.92. The molecule has 3 heteroatoms. The summed E-state index contributed by atoms with van der Waals surface area (Å²) in [6.07, 6.45) is 4.17. The van der Waals surface area contributed by atoms with Gasteiger partial charge in [-0.1, -0.05) is 20.3 Å². The van der Waals surface area contributed by atoms with E-state index < -0.39 is 0 Å². The van der Waals surface area contributed by atoms with Gasteiger partial charge in [-0.05, 0) is 32.9 Å². The van der Waals surface area contributed by atoms with E-state index in [0.29, 0.717) is 11.7 Å². The van der Waals surface area contributed by atoms with Crippen molar-refractivity contribution in [2.24, 2.45) is 5.92 Å². The van der Waals surface area contributed by atoms with Crippen LogP contribution in [0.15, 0.2) is 0 Å². The van der Waals surface area contributed by atoms with E-state index in [1.54, 1.807) is 0 Å². The molecule has 1 aliphatic rings. The SMILES string of the molecule is CC(C)CN(CCN(C)C)C1CCCCC1=O. The number of likely N-dealkylation sites (N-methyl/N-ethyl adjacent to an activating group) is 1. The highest BCUT2D eigenvalue weighted by atomic mass is 16.1. The molecule has 0 bridgehead atoms. The Morgan fingerprint density at radius 2 is 1.94 bits per heavy atom. The Morgan fingerprint density at radius 3 is 2.47 bits per heavy atom. The molecular weight excluding hydrogens is 212 g/mol. The third kappa shape index (κ3) is 5.17. The van der Waals surface area contributed by atoms with E-state index in [2.05, 4.69) is 37.7 Å². The summed E-state index contributed by atoms with van der Waals surface area (Å²) < 4.78 is 0. The maximum Gasteiger partial charge on any atom is 0.149 e. The van der Waals surface area contributed by atoms with Crippen LogP contribution in [0.5, 0.6) is 0 Å². The van der Waals surface area contributed by atoms with Gasteiger partial charge in [-0.2, -0.15) is 0 Å². The Labute approximate surface area is 106 Å². The fraction of sp³-hybridized carbons (Fsp3) is 0.929. The van der Waals surface area contributed by atoms with Gasteiger partial charge in [0.25, 0.3) is 0 Å². The number of hydrogen-bond donors (Lipinski definition) is 0. The number of carbonyl (C=O) groups excluding carboxylic acids is 1. The molecule has 17 heavy (non-hydrogen) atoms. The summed E-state index contributed by atoms with van der Waals surface area (Å²) >= 11 is 0. The molecule has 0 heterocycles. The molecule has 0 N–H and O–H groups in total. The lowest BCUT2D eigenvalue weighted by molar-refractivity contribution is -0.126. The van der Waals surface area contributed by atoms with E-state index in [4.69, 9.17) is 0 Å². The van der Waals surface area contributed by atoms with Crippen molar-refractivity contribution >= 4 is 5.78 Å². The van der Waals surface area contributed by atoms with Gasteiger partial charge in [0.15, 0.2) is 0 Å². The zero-order valence-electron chi connectivity index (χ0n) is 11.9. The second-order valence-electron chi connectivity index (χ2n) is 5.92. The predicted octanol–water partition coefficient (Wildman–Crippen LogP) is 2.02. The van der Waals surface area contributed by atoms with Gasteiger partial charge in [-0.15, -0.1) is 0 Å². The van der Waals surface area contributed by atoms with Gasteiger partial charge in [0.1, 0.15) is 5.78 Å². The zero-order chi connectivity index (χ0) is 12.8. The highest BCUT2D eigenvalue weighted by Gasteiger charge is 2.28. The van der Waals surface area contributed by atoms with Crippen LogP contribution in [0.3, 0.4) is 0 Å². The molecule has 0 aliphatic heterocycles. The summed E-state index contributed by atoms with van der Waals surface area (Å²) in [6, 6.07) is 0.200. The number of rotatable bonds is 6. The third-order valence-electron chi connectivity index (χ3n) is 3.40. The van der Waals surface area contributed by atoms with E-state index >= 15 is 0 Å². The van der Waals surface area contributed by atoms with Gasteiger partial charge in [-0.3, -0.25) is 9.69 Å². The summed E-state index contributed by atoms with van der Waals surface area (Å²) in [5.74, 6) is 1.10. The summed E-state index contributed by atoms with van der Waals surface area (Å²) in [4.78, 5) is 16.6. The molecule has 1 rings (SSSR count). The molecular formula is C14H28N2O. The Bertz CT molecular complexity index is 238. The molecule has 0 aromatic rings. The summed E-state index contributed by atoms with van der Waals surface area (Å²) in [6.45, 7) is 7.56. The maximum absolute atomic E-state index is 12.0. The van der Waals surface area contributed by atoms with E-state index in [1.165, 1.54) is 6.42 Å². The first-order chi connectivity index (χ1) is 8.00. The monoisotopic (exact) mass is 240 g/mol. The van der Waals surface area contributed by atoms with Crippen molar-refractivity contribution in [3.8, 4) is 0 Å². The minimum atomic E-state index is 0.200. The van der Waals surface area contributed by atoms with Crippen molar-refractivity contribution in [3.63, 3.8) is 0 Å². The summed E-state index contributed by atoms with van der Waals surface area (Å²) in [7, 11) is 4.19. The molecule has 1 unspecified atom stereocenters. The molecule has 1 atom stereocenters. The van der Waals surface area contributed by atoms with Crippen LogP contribution in [0, 0.1) is 5.92 Å². The van der Waals surface area contributed by atoms with Crippen molar-refractivity contribution < 1.29 is 4.79 Å². The number of nitrogens with zero attached hydrogens (tertiary/aromatic N) is 2. The van der Waals surface area contributed by atoms with Crippen LogP contribution in [0.1, 0.15) is 39.5 Å². The van der Waals surface area contributed by atoms with Gasteiger partial charge >= 0.3 is 0 Å². The van der Waals surface area contributed by atoms with E-state index in [1.807, 2.05) is 0 Å². The van der Waals surface area contributed by atoms with Gasteiger partial charge in [-0.25, -0.2) is 0 Å². The Kier molecular flexibility index (Phi) is 6.14. The van der Waals surface area contributed by atoms with Crippen molar-refractivity contribution in [1.82, 2.24) is 9.80 Å². The van der Waals surface area contributed by atoms with Gasteiger partial charge < -0.3 is 4.90 Å². The molecule has 0 saturated heterocycles. The molecule has 1 saturated carbocycles. The normalized spacial score (nSPS) is 21.8. The molecule has 0 aromatic heterocycles. The summed E-state index contributed by atoms with van der Waals surface area (Å²) in [5, 5.41) is 0. The smallest absolute Gasteiger partial charge is 0.149 e. The van der Waals surface area contributed by atoms with E-state index in [9.17, 15) is 4.79 Å². The zero-order valence-corrected chi connectivity index (χ0v) is 11.9. The van der Waals surface area contributed by atoms with Crippen molar-refractivity contribution in [3.05, 3.63) is 0 Å². The van der Waals surface area contributed by atoms with Crippen LogP contribution in [0.25, 0.3) is 0 Å². The molecule has 1 fully saturated rings. The second-order valence-corrected chi connectivity index (χ2v) is 5.92. The first-order valence-corrected chi connectivity index (χ1v) is 6.92. The summed E-state index contributed by atoms with van der Waals surface area (Å²) in [5.41, 5.74) is 0. The lowest BCUT2D eigenvalue weighted by Crippen LogP contribution is -2.47. The molecule has 0 radical (unpaired) electrons.